The number of nitrogens with zero attached hydrogens (tertiary/aromatic N) is 4. The number of nitro groups is 1. The second-order valence-electron chi connectivity index (χ2n) is 9.15. The van der Waals surface area contributed by atoms with E-state index in [0.717, 1.165) is 61.1 Å². The number of fused-ring (bicyclic) bond motifs is 1. The highest BCUT2D eigenvalue weighted by Gasteiger charge is 2.22. The summed E-state index contributed by atoms with van der Waals surface area (Å²) in [6.07, 6.45) is 4.49. The third-order valence-electron chi connectivity index (χ3n) is 6.41. The molecule has 0 aliphatic heterocycles. The molecular formula is C25H32N6O2. The molecule has 174 valence electrons. The van der Waals surface area contributed by atoms with Crippen molar-refractivity contribution in [3.05, 3.63) is 63.7 Å². The van der Waals surface area contributed by atoms with Crippen molar-refractivity contribution < 1.29 is 4.92 Å². The summed E-state index contributed by atoms with van der Waals surface area (Å²) in [5.41, 5.74) is 2.92. The molecule has 1 heterocycles. The van der Waals surface area contributed by atoms with Gasteiger partial charge in [0.15, 0.2) is 0 Å². The molecule has 1 aromatic heterocycles. The van der Waals surface area contributed by atoms with Gasteiger partial charge in [-0.25, -0.2) is 4.98 Å². The van der Waals surface area contributed by atoms with Crippen molar-refractivity contribution in [3.8, 4) is 0 Å². The summed E-state index contributed by atoms with van der Waals surface area (Å²) < 4.78 is 0. The molecule has 2 N–H and O–H groups in total. The Kier molecular flexibility index (Phi) is 7.03. The zero-order valence-electron chi connectivity index (χ0n) is 19.5. The molecular weight excluding hydrogens is 416 g/mol. The number of nitrogens with one attached hydrogen (secondary N) is 2. The van der Waals surface area contributed by atoms with Gasteiger partial charge < -0.3 is 15.5 Å². The van der Waals surface area contributed by atoms with Gasteiger partial charge >= 0.3 is 0 Å². The number of aryl methyl sites for hydroxylation is 1. The quantitative estimate of drug-likeness (QED) is 0.382. The van der Waals surface area contributed by atoms with E-state index in [1.165, 1.54) is 0 Å². The molecule has 0 unspecified atom stereocenters. The molecule has 0 bridgehead atoms. The predicted molar refractivity (Wildman–Crippen MR) is 133 cm³/mol. The second kappa shape index (κ2) is 10.1. The van der Waals surface area contributed by atoms with E-state index in [4.69, 9.17) is 9.97 Å². The van der Waals surface area contributed by atoms with Gasteiger partial charge in [-0.05, 0) is 68.8 Å². The third kappa shape index (κ3) is 5.57. The van der Waals surface area contributed by atoms with Gasteiger partial charge in [0, 0.05) is 43.7 Å². The third-order valence-corrected chi connectivity index (χ3v) is 6.41. The fraction of sp³-hybridized carbons (Fsp3) is 0.440. The first-order valence-corrected chi connectivity index (χ1v) is 11.6. The van der Waals surface area contributed by atoms with E-state index < -0.39 is 0 Å². The van der Waals surface area contributed by atoms with Crippen molar-refractivity contribution in [1.29, 1.82) is 0 Å². The van der Waals surface area contributed by atoms with Gasteiger partial charge in [0.05, 0.1) is 10.4 Å². The number of nitro benzene ring substituents is 1. The summed E-state index contributed by atoms with van der Waals surface area (Å²) in [4.78, 5) is 22.2. The van der Waals surface area contributed by atoms with Crippen LogP contribution >= 0.6 is 0 Å². The zero-order valence-corrected chi connectivity index (χ0v) is 19.5. The number of rotatable bonds is 8. The zero-order chi connectivity index (χ0) is 23.4. The minimum atomic E-state index is -0.330. The van der Waals surface area contributed by atoms with Gasteiger partial charge in [0.2, 0.25) is 5.95 Å². The van der Waals surface area contributed by atoms with Crippen LogP contribution in [0.2, 0.25) is 0 Å². The van der Waals surface area contributed by atoms with Crippen molar-refractivity contribution in [2.45, 2.75) is 45.2 Å². The van der Waals surface area contributed by atoms with Crippen molar-refractivity contribution in [2.24, 2.45) is 5.92 Å². The van der Waals surface area contributed by atoms with Crippen molar-refractivity contribution in [2.75, 3.05) is 30.9 Å². The van der Waals surface area contributed by atoms with Crippen LogP contribution in [0.15, 0.2) is 42.5 Å². The number of para-hydroxylation sites is 1. The van der Waals surface area contributed by atoms with Crippen molar-refractivity contribution in [1.82, 2.24) is 15.3 Å². The van der Waals surface area contributed by atoms with Crippen molar-refractivity contribution >= 4 is 28.4 Å². The molecule has 33 heavy (non-hydrogen) atoms. The smallest absolute Gasteiger partial charge is 0.272 e. The first-order chi connectivity index (χ1) is 15.9. The average Bonchev–Trinajstić information content (AvgIpc) is 2.79. The molecule has 0 radical (unpaired) electrons. The van der Waals surface area contributed by atoms with E-state index in [1.54, 1.807) is 13.0 Å². The molecule has 2 aromatic carbocycles. The SMILES string of the molecule is Cc1cc(CNC[C@H]2CC[C@@H](Nc3nc(N(C)C)c4ccccc4n3)CC2)ccc1[N+](=O)[O-]. The maximum absolute atomic E-state index is 11.0. The molecule has 3 aromatic rings. The van der Waals surface area contributed by atoms with Crippen LogP contribution in [0, 0.1) is 23.0 Å². The number of hydrogen-bond acceptors (Lipinski definition) is 7. The fourth-order valence-electron chi connectivity index (χ4n) is 4.61. The average molecular weight is 449 g/mol. The van der Waals surface area contributed by atoms with Crippen LogP contribution in [0.4, 0.5) is 17.5 Å². The normalized spacial score (nSPS) is 18.3. The lowest BCUT2D eigenvalue weighted by Gasteiger charge is -2.29. The molecule has 8 heteroatoms. The fourth-order valence-corrected chi connectivity index (χ4v) is 4.61. The van der Waals surface area contributed by atoms with Crippen molar-refractivity contribution in [3.63, 3.8) is 0 Å². The lowest BCUT2D eigenvalue weighted by molar-refractivity contribution is -0.385. The Bertz CT molecular complexity index is 1130. The van der Waals surface area contributed by atoms with E-state index in [0.29, 0.717) is 23.5 Å². The summed E-state index contributed by atoms with van der Waals surface area (Å²) in [7, 11) is 4.02. The molecule has 8 nitrogen and oxygen atoms in total. The van der Waals surface area contributed by atoms with E-state index >= 15 is 0 Å². The molecule has 0 spiro atoms. The number of aromatic nitrogens is 2. The Morgan fingerprint density at radius 3 is 2.55 bits per heavy atom. The summed E-state index contributed by atoms with van der Waals surface area (Å²) in [5.74, 6) is 2.27. The van der Waals surface area contributed by atoms with Gasteiger partial charge in [-0.1, -0.05) is 18.2 Å². The van der Waals surface area contributed by atoms with E-state index in [2.05, 4.69) is 16.7 Å². The lowest BCUT2D eigenvalue weighted by atomic mass is 9.86. The number of benzene rings is 2. The Morgan fingerprint density at radius 1 is 1.09 bits per heavy atom. The van der Waals surface area contributed by atoms with Crippen LogP contribution in [0.25, 0.3) is 10.9 Å². The predicted octanol–water partition coefficient (Wildman–Crippen LogP) is 4.67. The molecule has 1 aliphatic carbocycles. The topological polar surface area (TPSA) is 96.2 Å². The molecule has 0 saturated heterocycles. The maximum atomic E-state index is 11.0. The molecule has 0 atom stereocenters. The standard InChI is InChI=1S/C25H32N6O2/c1-17-14-19(10-13-23(17)31(32)33)16-26-15-18-8-11-20(12-9-18)27-25-28-22-7-5-4-6-21(22)24(29-25)30(2)3/h4-7,10,13-14,18,20,26H,8-9,11-12,15-16H2,1-3H3,(H,27,28,29)/t18-,20+. The summed E-state index contributed by atoms with van der Waals surface area (Å²) in [6.45, 7) is 3.48. The van der Waals surface area contributed by atoms with E-state index in [1.807, 2.05) is 49.3 Å². The Labute approximate surface area is 194 Å². The van der Waals surface area contributed by atoms with E-state index in [9.17, 15) is 10.1 Å². The van der Waals surface area contributed by atoms with Gasteiger partial charge in [-0.3, -0.25) is 10.1 Å². The van der Waals surface area contributed by atoms with Crippen LogP contribution < -0.4 is 15.5 Å². The maximum Gasteiger partial charge on any atom is 0.272 e. The van der Waals surface area contributed by atoms with Gasteiger partial charge in [0.1, 0.15) is 5.82 Å². The molecule has 4 rings (SSSR count). The lowest BCUT2D eigenvalue weighted by Crippen LogP contribution is -2.31. The Morgan fingerprint density at radius 2 is 1.85 bits per heavy atom. The summed E-state index contributed by atoms with van der Waals surface area (Å²) in [6, 6.07) is 13.8. The van der Waals surface area contributed by atoms with Crippen LogP contribution in [-0.2, 0) is 6.54 Å². The van der Waals surface area contributed by atoms with Gasteiger partial charge in [-0.15, -0.1) is 0 Å². The monoisotopic (exact) mass is 448 g/mol. The summed E-state index contributed by atoms with van der Waals surface area (Å²) >= 11 is 0. The minimum Gasteiger partial charge on any atom is -0.362 e. The largest absolute Gasteiger partial charge is 0.362 e. The van der Waals surface area contributed by atoms with Crippen LogP contribution in [-0.4, -0.2) is 41.6 Å². The number of anilines is 2. The first-order valence-electron chi connectivity index (χ1n) is 11.6. The highest BCUT2D eigenvalue weighted by atomic mass is 16.6. The molecule has 0 amide bonds. The van der Waals surface area contributed by atoms with E-state index in [-0.39, 0.29) is 10.6 Å². The minimum absolute atomic E-state index is 0.178. The van der Waals surface area contributed by atoms with Gasteiger partial charge in [-0.2, -0.15) is 4.98 Å². The number of hydrogen-bond donors (Lipinski definition) is 2. The second-order valence-corrected chi connectivity index (χ2v) is 9.15. The molecule has 1 saturated carbocycles. The Balaban J connectivity index is 1.27. The Hall–Kier alpha value is -3.26. The highest BCUT2D eigenvalue weighted by molar-refractivity contribution is 5.90. The van der Waals surface area contributed by atoms with Crippen LogP contribution in [0.3, 0.4) is 0 Å². The first kappa shape index (κ1) is 22.9. The highest BCUT2D eigenvalue weighted by Crippen LogP contribution is 2.28. The van der Waals surface area contributed by atoms with Crippen LogP contribution in [0.5, 0.6) is 0 Å². The molecule has 1 aliphatic rings. The summed E-state index contributed by atoms with van der Waals surface area (Å²) in [5, 5.41) is 19.1. The van der Waals surface area contributed by atoms with Gasteiger partial charge in [0.25, 0.3) is 5.69 Å². The van der Waals surface area contributed by atoms with Crippen LogP contribution in [0.1, 0.15) is 36.8 Å². The molecule has 1 fully saturated rings.